The van der Waals surface area contributed by atoms with E-state index >= 15 is 0 Å². The van der Waals surface area contributed by atoms with Gasteiger partial charge in [0.15, 0.2) is 5.76 Å². The Hall–Kier alpha value is -3.58. The number of benzene rings is 2. The first-order valence-electron chi connectivity index (χ1n) is 9.59. The highest BCUT2D eigenvalue weighted by Gasteiger charge is 2.22. The molecular weight excluding hydrogens is 398 g/mol. The minimum Gasteiger partial charge on any atom is -0.495 e. The van der Waals surface area contributed by atoms with Gasteiger partial charge in [0.2, 0.25) is 0 Å². The molecule has 0 saturated carbocycles. The van der Waals surface area contributed by atoms with Gasteiger partial charge in [0.05, 0.1) is 23.6 Å². The topological polar surface area (TPSA) is 80.1 Å². The highest BCUT2D eigenvalue weighted by molar-refractivity contribution is 7.09. The molecule has 0 unspecified atom stereocenters. The molecule has 1 amide bonds. The van der Waals surface area contributed by atoms with Crippen LogP contribution >= 0.6 is 11.3 Å². The van der Waals surface area contributed by atoms with Crippen LogP contribution in [0.4, 0.5) is 0 Å². The molecule has 2 aromatic carbocycles. The van der Waals surface area contributed by atoms with E-state index in [1.165, 1.54) is 4.88 Å². The molecule has 0 spiro atoms. The lowest BCUT2D eigenvalue weighted by atomic mass is 10.1. The molecule has 7 heteroatoms. The maximum atomic E-state index is 12.9. The van der Waals surface area contributed by atoms with E-state index in [9.17, 15) is 4.79 Å². The van der Waals surface area contributed by atoms with Crippen molar-refractivity contribution in [3.8, 4) is 17.2 Å². The summed E-state index contributed by atoms with van der Waals surface area (Å²) in [6.07, 6.45) is 0.796. The third kappa shape index (κ3) is 3.23. The number of hydrogen-bond donors (Lipinski definition) is 2. The Labute approximate surface area is 176 Å². The van der Waals surface area contributed by atoms with Crippen molar-refractivity contribution in [2.45, 2.75) is 6.42 Å². The van der Waals surface area contributed by atoms with Gasteiger partial charge in [-0.2, -0.15) is 5.10 Å². The summed E-state index contributed by atoms with van der Waals surface area (Å²) in [5, 5.41) is 14.2. The Balaban J connectivity index is 1.50. The van der Waals surface area contributed by atoms with E-state index < -0.39 is 0 Å². The number of fused-ring (bicyclic) bond motifs is 2. The first kappa shape index (κ1) is 18.4. The van der Waals surface area contributed by atoms with Crippen molar-refractivity contribution in [2.24, 2.45) is 0 Å². The van der Waals surface area contributed by atoms with Crippen LogP contribution in [-0.2, 0) is 6.42 Å². The van der Waals surface area contributed by atoms with E-state index in [2.05, 4.69) is 21.6 Å². The Morgan fingerprint density at radius 1 is 1.20 bits per heavy atom. The second-order valence-electron chi connectivity index (χ2n) is 6.87. The molecule has 5 aromatic rings. The summed E-state index contributed by atoms with van der Waals surface area (Å²) in [6, 6.07) is 17.4. The number of amides is 1. The fourth-order valence-electron chi connectivity index (χ4n) is 3.60. The van der Waals surface area contributed by atoms with Crippen LogP contribution < -0.4 is 10.1 Å². The second-order valence-corrected chi connectivity index (χ2v) is 7.91. The number of nitrogens with zero attached hydrogens (tertiary/aromatic N) is 1. The molecule has 2 N–H and O–H groups in total. The maximum absolute atomic E-state index is 12.9. The first-order chi connectivity index (χ1) is 14.7. The minimum absolute atomic E-state index is 0.179. The molecule has 5 rings (SSSR count). The van der Waals surface area contributed by atoms with Crippen LogP contribution in [0.15, 0.2) is 64.4 Å². The van der Waals surface area contributed by atoms with E-state index in [4.69, 9.17) is 9.15 Å². The lowest BCUT2D eigenvalue weighted by Crippen LogP contribution is -2.26. The number of aromatic amines is 1. The van der Waals surface area contributed by atoms with Crippen molar-refractivity contribution >= 4 is 39.1 Å². The van der Waals surface area contributed by atoms with Gasteiger partial charge < -0.3 is 14.5 Å². The van der Waals surface area contributed by atoms with Gasteiger partial charge in [-0.15, -0.1) is 11.3 Å². The monoisotopic (exact) mass is 417 g/mol. The summed E-state index contributed by atoms with van der Waals surface area (Å²) < 4.78 is 11.7. The molecule has 0 aliphatic heterocycles. The molecule has 0 fully saturated rings. The van der Waals surface area contributed by atoms with E-state index in [-0.39, 0.29) is 5.91 Å². The lowest BCUT2D eigenvalue weighted by molar-refractivity contribution is 0.0951. The molecule has 0 aliphatic carbocycles. The summed E-state index contributed by atoms with van der Waals surface area (Å²) in [4.78, 5) is 14.1. The number of rotatable bonds is 6. The maximum Gasteiger partial charge on any atom is 0.255 e. The van der Waals surface area contributed by atoms with E-state index in [1.54, 1.807) is 24.5 Å². The van der Waals surface area contributed by atoms with Crippen LogP contribution in [0.25, 0.3) is 33.3 Å². The number of carbonyl (C=O) groups excluding carboxylic acids is 1. The number of thiophene rings is 1. The van der Waals surface area contributed by atoms with Crippen molar-refractivity contribution in [2.75, 3.05) is 13.7 Å². The normalized spacial score (nSPS) is 11.2. The van der Waals surface area contributed by atoms with Gasteiger partial charge in [-0.25, -0.2) is 0 Å². The summed E-state index contributed by atoms with van der Waals surface area (Å²) in [7, 11) is 1.56. The number of ether oxygens (including phenoxy) is 1. The van der Waals surface area contributed by atoms with E-state index in [1.807, 2.05) is 47.8 Å². The molecular formula is C23H19N3O3S. The number of hydrogen-bond acceptors (Lipinski definition) is 5. The van der Waals surface area contributed by atoms with Crippen LogP contribution in [0.1, 0.15) is 15.2 Å². The Bertz CT molecular complexity index is 1300. The fourth-order valence-corrected chi connectivity index (χ4v) is 4.31. The first-order valence-corrected chi connectivity index (χ1v) is 10.5. The molecule has 3 aromatic heterocycles. The molecule has 6 nitrogen and oxygen atoms in total. The van der Waals surface area contributed by atoms with E-state index in [0.717, 1.165) is 28.3 Å². The predicted octanol–water partition coefficient (Wildman–Crippen LogP) is 5.02. The average molecular weight is 417 g/mol. The summed E-state index contributed by atoms with van der Waals surface area (Å²) in [6.45, 7) is 0.558. The van der Waals surface area contributed by atoms with E-state index in [0.29, 0.717) is 29.3 Å². The van der Waals surface area contributed by atoms with Gasteiger partial charge in [0.25, 0.3) is 5.91 Å². The van der Waals surface area contributed by atoms with Crippen LogP contribution in [0.5, 0.6) is 5.75 Å². The molecule has 150 valence electrons. The van der Waals surface area contributed by atoms with Gasteiger partial charge in [-0.1, -0.05) is 24.3 Å². The summed E-state index contributed by atoms with van der Waals surface area (Å²) in [5.74, 6) is 0.920. The number of H-pyrrole nitrogens is 1. The van der Waals surface area contributed by atoms with Gasteiger partial charge in [-0.3, -0.25) is 9.89 Å². The molecule has 0 aliphatic rings. The zero-order chi connectivity index (χ0) is 20.5. The molecule has 30 heavy (non-hydrogen) atoms. The predicted molar refractivity (Wildman–Crippen MR) is 118 cm³/mol. The molecule has 0 radical (unpaired) electrons. The quantitative estimate of drug-likeness (QED) is 0.407. The molecule has 0 saturated heterocycles. The van der Waals surface area contributed by atoms with Crippen molar-refractivity contribution < 1.29 is 13.9 Å². The third-order valence-corrected chi connectivity index (χ3v) is 5.96. The van der Waals surface area contributed by atoms with Gasteiger partial charge in [0, 0.05) is 16.8 Å². The van der Waals surface area contributed by atoms with Gasteiger partial charge in [0.1, 0.15) is 17.0 Å². The minimum atomic E-state index is -0.179. The number of methoxy groups -OCH3 is 1. The fraction of sp³-hybridized carbons (Fsp3) is 0.130. The SMILES string of the molecule is COc1c(C(=O)NCCc2cccs2)ccc2[nH]nc(-c3cc4ccccc4o3)c12. The van der Waals surface area contributed by atoms with Crippen molar-refractivity contribution in [3.05, 3.63) is 70.4 Å². The highest BCUT2D eigenvalue weighted by Crippen LogP contribution is 2.38. The van der Waals surface area contributed by atoms with Crippen LogP contribution in [-0.4, -0.2) is 29.8 Å². The smallest absolute Gasteiger partial charge is 0.255 e. The number of carbonyl (C=O) groups is 1. The zero-order valence-electron chi connectivity index (χ0n) is 16.3. The Morgan fingerprint density at radius 2 is 2.10 bits per heavy atom. The summed E-state index contributed by atoms with van der Waals surface area (Å²) >= 11 is 1.68. The van der Waals surface area contributed by atoms with Crippen LogP contribution in [0.2, 0.25) is 0 Å². The Kier molecular flexibility index (Phi) is 4.72. The van der Waals surface area contributed by atoms with Gasteiger partial charge in [-0.05, 0) is 42.1 Å². The van der Waals surface area contributed by atoms with Crippen molar-refractivity contribution in [3.63, 3.8) is 0 Å². The number of para-hydroxylation sites is 1. The van der Waals surface area contributed by atoms with Gasteiger partial charge >= 0.3 is 0 Å². The highest BCUT2D eigenvalue weighted by atomic mass is 32.1. The number of furan rings is 1. The molecule has 0 atom stereocenters. The van der Waals surface area contributed by atoms with Crippen LogP contribution in [0, 0.1) is 0 Å². The second kappa shape index (κ2) is 7.68. The van der Waals surface area contributed by atoms with Crippen LogP contribution in [0.3, 0.4) is 0 Å². The molecule has 0 bridgehead atoms. The molecule has 3 heterocycles. The van der Waals surface area contributed by atoms with Crippen molar-refractivity contribution in [1.82, 2.24) is 15.5 Å². The van der Waals surface area contributed by atoms with Crippen molar-refractivity contribution in [1.29, 1.82) is 0 Å². The number of nitrogens with one attached hydrogen (secondary N) is 2. The largest absolute Gasteiger partial charge is 0.495 e. The average Bonchev–Trinajstić information content (AvgIpc) is 3.51. The number of aromatic nitrogens is 2. The Morgan fingerprint density at radius 3 is 2.90 bits per heavy atom. The standard InChI is InChI=1S/C23H19N3O3S/c1-28-22-16(23(27)24-11-10-15-6-4-12-30-15)8-9-17-20(22)21(26-25-17)19-13-14-5-2-3-7-18(14)29-19/h2-9,12-13H,10-11H2,1H3,(H,24,27)(H,25,26). The summed E-state index contributed by atoms with van der Waals surface area (Å²) in [5.41, 5.74) is 2.64. The zero-order valence-corrected chi connectivity index (χ0v) is 17.1. The lowest BCUT2D eigenvalue weighted by Gasteiger charge is -2.10. The third-order valence-electron chi connectivity index (χ3n) is 5.03.